The molecule has 2 N–H and O–H groups in total. The van der Waals surface area contributed by atoms with Gasteiger partial charge in [-0.3, -0.25) is 4.79 Å². The number of carboxylic acid groups (broad SMARTS) is 1. The minimum atomic E-state index is -1.05. The van der Waals surface area contributed by atoms with Gasteiger partial charge in [-0.2, -0.15) is 0 Å². The number of aromatic carboxylic acids is 1. The number of hydrogen-bond donors (Lipinski definition) is 2. The molecule has 27 heavy (non-hydrogen) atoms. The molecule has 6 nitrogen and oxygen atoms in total. The van der Waals surface area contributed by atoms with Crippen molar-refractivity contribution < 1.29 is 24.2 Å². The summed E-state index contributed by atoms with van der Waals surface area (Å²) in [6, 6.07) is 3.42. The van der Waals surface area contributed by atoms with Crippen molar-refractivity contribution >= 4 is 11.9 Å². The molecule has 1 aromatic rings. The number of aliphatic hydroxyl groups is 1. The van der Waals surface area contributed by atoms with Gasteiger partial charge < -0.3 is 19.5 Å². The Labute approximate surface area is 160 Å². The third-order valence-corrected chi connectivity index (χ3v) is 6.15. The quantitative estimate of drug-likeness (QED) is 0.686. The van der Waals surface area contributed by atoms with Crippen LogP contribution in [0.3, 0.4) is 0 Å². The van der Waals surface area contributed by atoms with Crippen LogP contribution in [0.15, 0.2) is 16.5 Å². The molecular weight excluding hydrogens is 346 g/mol. The number of carbonyl (C=O) groups excluding carboxylic acids is 1. The molecule has 6 heteroatoms. The second-order valence-corrected chi connectivity index (χ2v) is 8.00. The highest BCUT2D eigenvalue weighted by molar-refractivity contribution is 5.84. The fraction of sp³-hybridized carbons (Fsp3) is 0.714. The van der Waals surface area contributed by atoms with Crippen LogP contribution in [0, 0.1) is 5.92 Å². The molecule has 3 rings (SSSR count). The van der Waals surface area contributed by atoms with Gasteiger partial charge in [0.05, 0.1) is 6.10 Å². The van der Waals surface area contributed by atoms with Gasteiger partial charge in [0.15, 0.2) is 0 Å². The van der Waals surface area contributed by atoms with Crippen LogP contribution in [0.25, 0.3) is 0 Å². The van der Waals surface area contributed by atoms with Crippen LogP contribution < -0.4 is 0 Å². The van der Waals surface area contributed by atoms with E-state index in [1.165, 1.54) is 25.3 Å². The van der Waals surface area contributed by atoms with E-state index in [4.69, 9.17) is 9.52 Å². The molecule has 0 aromatic carbocycles. The van der Waals surface area contributed by atoms with E-state index < -0.39 is 5.97 Å². The Morgan fingerprint density at radius 3 is 2.70 bits per heavy atom. The number of aryl methyl sites for hydroxylation is 1. The van der Waals surface area contributed by atoms with Crippen molar-refractivity contribution in [2.45, 2.75) is 82.8 Å². The number of aliphatic hydroxyl groups excluding tert-OH is 1. The molecule has 0 spiro atoms. The lowest BCUT2D eigenvalue weighted by atomic mass is 9.84. The Kier molecular flexibility index (Phi) is 6.94. The van der Waals surface area contributed by atoms with Gasteiger partial charge in [0, 0.05) is 25.4 Å². The second-order valence-electron chi connectivity index (χ2n) is 8.00. The van der Waals surface area contributed by atoms with Crippen molar-refractivity contribution in [3.8, 4) is 0 Å². The van der Waals surface area contributed by atoms with Crippen LogP contribution in [0.5, 0.6) is 0 Å². The van der Waals surface area contributed by atoms with Gasteiger partial charge in [0.25, 0.3) is 0 Å². The monoisotopic (exact) mass is 377 g/mol. The predicted octanol–water partition coefficient (Wildman–Crippen LogP) is 3.62. The topological polar surface area (TPSA) is 91.0 Å². The van der Waals surface area contributed by atoms with E-state index in [2.05, 4.69) is 0 Å². The highest BCUT2D eigenvalue weighted by Gasteiger charge is 2.31. The van der Waals surface area contributed by atoms with Crippen molar-refractivity contribution in [3.05, 3.63) is 23.7 Å². The normalized spacial score (nSPS) is 22.3. The summed E-state index contributed by atoms with van der Waals surface area (Å²) in [6.45, 7) is 0.644. The minimum absolute atomic E-state index is 0.0284. The lowest BCUT2D eigenvalue weighted by Crippen LogP contribution is -2.36. The van der Waals surface area contributed by atoms with Gasteiger partial charge >= 0.3 is 5.97 Å². The number of furan rings is 1. The first kappa shape index (κ1) is 19.9. The highest BCUT2D eigenvalue weighted by Crippen LogP contribution is 2.29. The Hall–Kier alpha value is -1.82. The Balaban J connectivity index is 1.43. The third-order valence-electron chi connectivity index (χ3n) is 6.15. The average Bonchev–Trinajstić information content (AvgIpc) is 3.28. The van der Waals surface area contributed by atoms with Gasteiger partial charge in [0.1, 0.15) is 5.76 Å². The SMILES string of the molecule is O=C(O)c1ccc(CCCC2CCC(=O)N2CCC(O)C2CCCCC2)o1. The molecule has 1 aliphatic carbocycles. The third kappa shape index (κ3) is 5.34. The Bertz CT molecular complexity index is 634. The standard InChI is InChI=1S/C21H31NO5/c23-18(15-5-2-1-3-6-15)13-14-22-16(9-12-20(22)24)7-4-8-17-10-11-19(27-17)21(25)26/h10-11,15-16,18,23H,1-9,12-14H2,(H,25,26). The van der Waals surface area contributed by atoms with Crippen molar-refractivity contribution in [3.63, 3.8) is 0 Å². The molecule has 1 saturated heterocycles. The van der Waals surface area contributed by atoms with Gasteiger partial charge in [-0.05, 0) is 56.6 Å². The maximum absolute atomic E-state index is 12.2. The van der Waals surface area contributed by atoms with Crippen molar-refractivity contribution in [1.29, 1.82) is 0 Å². The smallest absolute Gasteiger partial charge is 0.371 e. The summed E-state index contributed by atoms with van der Waals surface area (Å²) in [5.41, 5.74) is 0. The van der Waals surface area contributed by atoms with Crippen LogP contribution >= 0.6 is 0 Å². The molecule has 1 saturated carbocycles. The lowest BCUT2D eigenvalue weighted by Gasteiger charge is -2.30. The molecule has 1 amide bonds. The molecule has 1 aromatic heterocycles. The first-order chi connectivity index (χ1) is 13.0. The van der Waals surface area contributed by atoms with Gasteiger partial charge in [-0.25, -0.2) is 4.79 Å². The van der Waals surface area contributed by atoms with Crippen LogP contribution in [0.2, 0.25) is 0 Å². The zero-order chi connectivity index (χ0) is 19.2. The molecular formula is C21H31NO5. The fourth-order valence-electron chi connectivity index (χ4n) is 4.57. The molecule has 0 radical (unpaired) electrons. The van der Waals surface area contributed by atoms with Crippen molar-refractivity contribution in [2.75, 3.05) is 6.54 Å². The van der Waals surface area contributed by atoms with E-state index in [1.54, 1.807) is 6.07 Å². The van der Waals surface area contributed by atoms with E-state index >= 15 is 0 Å². The Morgan fingerprint density at radius 1 is 1.22 bits per heavy atom. The first-order valence-electron chi connectivity index (χ1n) is 10.3. The summed E-state index contributed by atoms with van der Waals surface area (Å²) in [6.07, 6.45) is 10.2. The van der Waals surface area contributed by atoms with Crippen LogP contribution in [-0.4, -0.2) is 45.7 Å². The first-order valence-corrected chi connectivity index (χ1v) is 10.3. The van der Waals surface area contributed by atoms with Crippen LogP contribution in [0.1, 0.15) is 80.5 Å². The van der Waals surface area contributed by atoms with Gasteiger partial charge in [0.2, 0.25) is 11.7 Å². The largest absolute Gasteiger partial charge is 0.475 e. The molecule has 0 bridgehead atoms. The molecule has 2 unspecified atom stereocenters. The number of hydrogen-bond acceptors (Lipinski definition) is 4. The van der Waals surface area contributed by atoms with Crippen LogP contribution in [-0.2, 0) is 11.2 Å². The van der Waals surface area contributed by atoms with E-state index in [0.29, 0.717) is 37.5 Å². The zero-order valence-electron chi connectivity index (χ0n) is 15.9. The van der Waals surface area contributed by atoms with E-state index in [1.807, 2.05) is 4.90 Å². The van der Waals surface area contributed by atoms with E-state index in [0.717, 1.165) is 32.1 Å². The number of amides is 1. The number of likely N-dealkylation sites (tertiary alicyclic amines) is 1. The second kappa shape index (κ2) is 9.40. The van der Waals surface area contributed by atoms with Crippen molar-refractivity contribution in [1.82, 2.24) is 4.90 Å². The average molecular weight is 377 g/mol. The summed E-state index contributed by atoms with van der Waals surface area (Å²) in [5.74, 6) is 0.194. The van der Waals surface area contributed by atoms with Gasteiger partial charge in [-0.1, -0.05) is 19.3 Å². The Morgan fingerprint density at radius 2 is 2.00 bits per heavy atom. The number of nitrogens with zero attached hydrogens (tertiary/aromatic N) is 1. The summed E-state index contributed by atoms with van der Waals surface area (Å²) in [4.78, 5) is 25.1. The number of rotatable bonds is 9. The fourth-order valence-corrected chi connectivity index (χ4v) is 4.57. The van der Waals surface area contributed by atoms with E-state index in [9.17, 15) is 14.7 Å². The maximum Gasteiger partial charge on any atom is 0.371 e. The van der Waals surface area contributed by atoms with Gasteiger partial charge in [-0.15, -0.1) is 0 Å². The molecule has 150 valence electrons. The summed E-state index contributed by atoms with van der Waals surface area (Å²) >= 11 is 0. The van der Waals surface area contributed by atoms with Crippen LogP contribution in [0.4, 0.5) is 0 Å². The number of carboxylic acids is 1. The molecule has 2 heterocycles. The lowest BCUT2D eigenvalue weighted by molar-refractivity contribution is -0.129. The molecule has 1 aliphatic heterocycles. The predicted molar refractivity (Wildman–Crippen MR) is 101 cm³/mol. The van der Waals surface area contributed by atoms with E-state index in [-0.39, 0.29) is 23.8 Å². The summed E-state index contributed by atoms with van der Waals surface area (Å²) < 4.78 is 5.29. The summed E-state index contributed by atoms with van der Waals surface area (Å²) in [7, 11) is 0. The molecule has 2 fully saturated rings. The maximum atomic E-state index is 12.2. The van der Waals surface area contributed by atoms with Crippen molar-refractivity contribution in [2.24, 2.45) is 5.92 Å². The number of carbonyl (C=O) groups is 2. The summed E-state index contributed by atoms with van der Waals surface area (Å²) in [5, 5.41) is 19.4. The molecule has 2 aliphatic rings. The highest BCUT2D eigenvalue weighted by atomic mass is 16.4. The zero-order valence-corrected chi connectivity index (χ0v) is 15.9. The minimum Gasteiger partial charge on any atom is -0.475 e. The molecule has 2 atom stereocenters.